The van der Waals surface area contributed by atoms with Crippen molar-refractivity contribution in [2.24, 2.45) is 0 Å². The third-order valence-electron chi connectivity index (χ3n) is 4.98. The number of thiazole rings is 1. The number of amides is 1. The van der Waals surface area contributed by atoms with E-state index in [0.29, 0.717) is 39.9 Å². The van der Waals surface area contributed by atoms with Gasteiger partial charge in [-0.1, -0.05) is 23.5 Å². The summed E-state index contributed by atoms with van der Waals surface area (Å²) < 4.78 is 42.7. The molecule has 0 radical (unpaired) electrons. The lowest BCUT2D eigenvalue weighted by molar-refractivity contribution is -0.137. The van der Waals surface area contributed by atoms with E-state index in [2.05, 4.69) is 25.4 Å². The maximum Gasteiger partial charge on any atom is 0.418 e. The van der Waals surface area contributed by atoms with Gasteiger partial charge in [0, 0.05) is 12.5 Å². The molecule has 158 valence electrons. The number of imidazole rings is 1. The fourth-order valence-corrected chi connectivity index (χ4v) is 4.86. The molecule has 2 N–H and O–H groups in total. The van der Waals surface area contributed by atoms with Crippen LogP contribution in [0.5, 0.6) is 0 Å². The van der Waals surface area contributed by atoms with Crippen molar-refractivity contribution in [1.29, 1.82) is 0 Å². The van der Waals surface area contributed by atoms with Gasteiger partial charge in [0.25, 0.3) is 0 Å². The smallest absolute Gasteiger partial charge is 0.343 e. The van der Waals surface area contributed by atoms with E-state index in [-0.39, 0.29) is 11.6 Å². The molecule has 11 heteroatoms. The van der Waals surface area contributed by atoms with E-state index in [4.69, 9.17) is 0 Å². The number of aromatic nitrogens is 5. The van der Waals surface area contributed by atoms with Crippen molar-refractivity contribution in [3.05, 3.63) is 53.6 Å². The number of aromatic amines is 1. The highest BCUT2D eigenvalue weighted by Gasteiger charge is 2.37. The van der Waals surface area contributed by atoms with E-state index in [1.807, 2.05) is 0 Å². The fraction of sp³-hybridized carbons (Fsp3) is 0.200. The number of halogens is 3. The number of fused-ring (bicyclic) bond motifs is 3. The van der Waals surface area contributed by atoms with Gasteiger partial charge in [0.15, 0.2) is 5.13 Å². The minimum Gasteiger partial charge on any atom is -0.343 e. The second-order valence-electron chi connectivity index (χ2n) is 7.04. The highest BCUT2D eigenvalue weighted by atomic mass is 32.1. The quantitative estimate of drug-likeness (QED) is 0.488. The lowest BCUT2D eigenvalue weighted by Gasteiger charge is -2.17. The number of anilines is 1. The summed E-state index contributed by atoms with van der Waals surface area (Å²) in [6.45, 7) is 1.38. The van der Waals surface area contributed by atoms with Crippen LogP contribution >= 0.6 is 11.3 Å². The van der Waals surface area contributed by atoms with Gasteiger partial charge in [-0.3, -0.25) is 4.79 Å². The predicted octanol–water partition coefficient (Wildman–Crippen LogP) is 4.46. The molecule has 0 fully saturated rings. The zero-order valence-corrected chi connectivity index (χ0v) is 16.9. The molecule has 31 heavy (non-hydrogen) atoms. The van der Waals surface area contributed by atoms with E-state index < -0.39 is 11.7 Å². The molecule has 1 amide bonds. The zero-order chi connectivity index (χ0) is 21.8. The number of rotatable bonds is 3. The van der Waals surface area contributed by atoms with Crippen molar-refractivity contribution in [3.8, 4) is 27.6 Å². The van der Waals surface area contributed by atoms with Crippen LogP contribution in [0.3, 0.4) is 0 Å². The van der Waals surface area contributed by atoms with Gasteiger partial charge in [-0.05, 0) is 25.0 Å². The predicted molar refractivity (Wildman–Crippen MR) is 109 cm³/mol. The zero-order valence-electron chi connectivity index (χ0n) is 16.1. The standard InChI is InChI=1S/C20H15F3N6OS/c1-10(30)26-19-27-13-7-6-11-16(14-8-24-9-25-14)28-29(17(11)18(13)31-19)15-5-3-2-4-12(15)20(21,22)23/h2-5,8-9H,6-7H2,1H3,(H,24,25)(H,26,27,30). The first-order valence-corrected chi connectivity index (χ1v) is 10.2. The summed E-state index contributed by atoms with van der Waals surface area (Å²) in [5.41, 5.74) is 2.40. The first-order valence-electron chi connectivity index (χ1n) is 9.38. The number of hydrogen-bond acceptors (Lipinski definition) is 5. The second-order valence-corrected chi connectivity index (χ2v) is 8.04. The Morgan fingerprint density at radius 1 is 1.26 bits per heavy atom. The van der Waals surface area contributed by atoms with Crippen LogP contribution in [0.1, 0.15) is 23.7 Å². The van der Waals surface area contributed by atoms with Crippen LogP contribution in [0, 0.1) is 0 Å². The number of carbonyl (C=O) groups is 1. The molecule has 3 heterocycles. The van der Waals surface area contributed by atoms with Crippen molar-refractivity contribution in [1.82, 2.24) is 24.7 Å². The van der Waals surface area contributed by atoms with Gasteiger partial charge in [0.1, 0.15) is 5.69 Å². The first kappa shape index (κ1) is 19.5. The summed E-state index contributed by atoms with van der Waals surface area (Å²) in [5.74, 6) is -0.264. The minimum absolute atomic E-state index is 0.0701. The summed E-state index contributed by atoms with van der Waals surface area (Å²) in [4.78, 5) is 23.7. The number of benzene rings is 1. The van der Waals surface area contributed by atoms with Gasteiger partial charge >= 0.3 is 6.18 Å². The highest BCUT2D eigenvalue weighted by Crippen LogP contribution is 2.45. The van der Waals surface area contributed by atoms with Crippen molar-refractivity contribution >= 4 is 22.4 Å². The van der Waals surface area contributed by atoms with Gasteiger partial charge in [0.2, 0.25) is 5.91 Å². The first-order chi connectivity index (χ1) is 14.8. The Labute approximate surface area is 178 Å². The van der Waals surface area contributed by atoms with Gasteiger partial charge in [0.05, 0.1) is 45.7 Å². The molecule has 0 saturated carbocycles. The van der Waals surface area contributed by atoms with Crippen LogP contribution in [-0.2, 0) is 23.8 Å². The average molecular weight is 444 g/mol. The van der Waals surface area contributed by atoms with E-state index in [0.717, 1.165) is 17.3 Å². The molecule has 1 aromatic carbocycles. The van der Waals surface area contributed by atoms with Crippen molar-refractivity contribution in [2.45, 2.75) is 25.9 Å². The maximum atomic E-state index is 13.8. The Kier molecular flexibility index (Phi) is 4.43. The number of hydrogen-bond donors (Lipinski definition) is 2. The number of H-pyrrole nitrogens is 1. The molecule has 0 unspecified atom stereocenters. The second kappa shape index (κ2) is 7.05. The van der Waals surface area contributed by atoms with Gasteiger partial charge in [-0.2, -0.15) is 18.3 Å². The van der Waals surface area contributed by atoms with Gasteiger partial charge < -0.3 is 10.3 Å². The van der Waals surface area contributed by atoms with E-state index in [9.17, 15) is 18.0 Å². The van der Waals surface area contributed by atoms with Crippen LogP contribution in [0.25, 0.3) is 27.6 Å². The Morgan fingerprint density at radius 2 is 2.06 bits per heavy atom. The molecule has 3 aromatic heterocycles. The van der Waals surface area contributed by atoms with Crippen molar-refractivity contribution in [3.63, 3.8) is 0 Å². The molecule has 0 spiro atoms. The summed E-state index contributed by atoms with van der Waals surface area (Å²) in [6, 6.07) is 5.34. The molecular formula is C20H15F3N6OS. The molecule has 0 atom stereocenters. The number of aryl methyl sites for hydroxylation is 1. The number of para-hydroxylation sites is 1. The Bertz CT molecular complexity index is 1290. The number of alkyl halides is 3. The fourth-order valence-electron chi connectivity index (χ4n) is 3.75. The maximum absolute atomic E-state index is 13.8. The van der Waals surface area contributed by atoms with Crippen molar-refractivity contribution < 1.29 is 18.0 Å². The molecule has 7 nitrogen and oxygen atoms in total. The number of nitrogens with zero attached hydrogens (tertiary/aromatic N) is 4. The van der Waals surface area contributed by atoms with Crippen LogP contribution in [0.2, 0.25) is 0 Å². The van der Waals surface area contributed by atoms with Crippen LogP contribution in [0.15, 0.2) is 36.8 Å². The molecule has 0 aliphatic heterocycles. The van der Waals surface area contributed by atoms with E-state index in [1.165, 1.54) is 41.4 Å². The van der Waals surface area contributed by atoms with Gasteiger partial charge in [-0.15, -0.1) is 0 Å². The normalized spacial score (nSPS) is 13.0. The lowest BCUT2D eigenvalue weighted by atomic mass is 9.96. The number of carbonyl (C=O) groups excluding carboxylic acids is 1. The van der Waals surface area contributed by atoms with Gasteiger partial charge in [-0.25, -0.2) is 14.6 Å². The molecule has 1 aliphatic carbocycles. The van der Waals surface area contributed by atoms with Crippen molar-refractivity contribution in [2.75, 3.05) is 5.32 Å². The van der Waals surface area contributed by atoms with Crippen LogP contribution < -0.4 is 5.32 Å². The van der Waals surface area contributed by atoms with Crippen LogP contribution in [0.4, 0.5) is 18.3 Å². The van der Waals surface area contributed by atoms with E-state index >= 15 is 0 Å². The monoisotopic (exact) mass is 444 g/mol. The summed E-state index contributed by atoms with van der Waals surface area (Å²) >= 11 is 1.23. The third kappa shape index (κ3) is 3.30. The number of nitrogens with one attached hydrogen (secondary N) is 2. The summed E-state index contributed by atoms with van der Waals surface area (Å²) in [6.07, 6.45) is -0.315. The molecule has 1 aliphatic rings. The average Bonchev–Trinajstić information content (AvgIpc) is 3.44. The molecule has 0 saturated heterocycles. The Morgan fingerprint density at radius 3 is 2.77 bits per heavy atom. The molecule has 5 rings (SSSR count). The molecule has 0 bridgehead atoms. The topological polar surface area (TPSA) is 88.5 Å². The highest BCUT2D eigenvalue weighted by molar-refractivity contribution is 7.19. The SMILES string of the molecule is CC(=O)Nc1nc2c(s1)-c1c(c(-c3cnc[nH]3)nn1-c1ccccc1C(F)(F)F)CC2. The lowest BCUT2D eigenvalue weighted by Crippen LogP contribution is -2.13. The molecular weight excluding hydrogens is 429 g/mol. The largest absolute Gasteiger partial charge is 0.418 e. The molecule has 4 aromatic rings. The minimum atomic E-state index is -4.55. The Balaban J connectivity index is 1.78. The summed E-state index contributed by atoms with van der Waals surface area (Å²) in [5, 5.41) is 7.66. The van der Waals surface area contributed by atoms with Crippen LogP contribution in [-0.4, -0.2) is 30.6 Å². The van der Waals surface area contributed by atoms with E-state index in [1.54, 1.807) is 12.3 Å². The third-order valence-corrected chi connectivity index (χ3v) is 6.00. The Hall–Kier alpha value is -3.47. The summed E-state index contributed by atoms with van der Waals surface area (Å²) in [7, 11) is 0.